The predicted octanol–water partition coefficient (Wildman–Crippen LogP) is 3.45. The van der Waals surface area contributed by atoms with Crippen molar-refractivity contribution in [2.45, 2.75) is 13.5 Å². The number of piperazine rings is 1. The Morgan fingerprint density at radius 1 is 1.14 bits per heavy atom. The van der Waals surface area contributed by atoms with E-state index in [9.17, 15) is 4.79 Å². The zero-order valence-electron chi connectivity index (χ0n) is 19.4. The molecule has 0 radical (unpaired) electrons. The lowest BCUT2D eigenvalue weighted by atomic mass is 10.2. The van der Waals surface area contributed by atoms with Crippen molar-refractivity contribution < 1.29 is 9.53 Å². The number of rotatable bonds is 5. The molecule has 12 heteroatoms. The minimum atomic E-state index is 0.0117. The molecule has 4 heterocycles. The Labute approximate surface area is 213 Å². The maximum absolute atomic E-state index is 12.9. The number of hydrogen-bond donors (Lipinski definition) is 1. The van der Waals surface area contributed by atoms with Gasteiger partial charge in [-0.1, -0.05) is 23.2 Å². The number of nitrogens with one attached hydrogen (secondary N) is 1. The fraction of sp³-hybridized carbons (Fsp3) is 0.304. The van der Waals surface area contributed by atoms with Crippen LogP contribution in [0.25, 0.3) is 5.82 Å². The number of aromatic amines is 1. The molecule has 0 bridgehead atoms. The molecule has 1 fully saturated rings. The molecule has 184 valence electrons. The summed E-state index contributed by atoms with van der Waals surface area (Å²) in [5.74, 6) is 1.18. The molecular weight excluding hydrogens is 491 g/mol. The number of nitrogens with zero attached hydrogens (tertiary/aromatic N) is 7. The van der Waals surface area contributed by atoms with Crippen molar-refractivity contribution in [3.63, 3.8) is 0 Å². The lowest BCUT2D eigenvalue weighted by Gasteiger charge is -2.36. The van der Waals surface area contributed by atoms with E-state index in [4.69, 9.17) is 27.9 Å². The molecule has 35 heavy (non-hydrogen) atoms. The second kappa shape index (κ2) is 11.3. The van der Waals surface area contributed by atoms with E-state index in [1.165, 1.54) is 0 Å². The van der Waals surface area contributed by atoms with Crippen molar-refractivity contribution >= 4 is 34.8 Å². The smallest absolute Gasteiger partial charge is 0.244 e. The van der Waals surface area contributed by atoms with Crippen LogP contribution in [0, 0.1) is 6.92 Å². The van der Waals surface area contributed by atoms with Crippen molar-refractivity contribution in [2.75, 3.05) is 38.2 Å². The number of amides is 1. The number of anilines is 1. The zero-order chi connectivity index (χ0) is 24.8. The molecule has 1 aliphatic heterocycles. The molecule has 0 aliphatic carbocycles. The van der Waals surface area contributed by atoms with Gasteiger partial charge in [-0.05, 0) is 31.2 Å². The molecule has 1 saturated heterocycles. The van der Waals surface area contributed by atoms with E-state index in [0.29, 0.717) is 34.7 Å². The van der Waals surface area contributed by atoms with Gasteiger partial charge in [0.1, 0.15) is 17.3 Å². The number of H-pyrrole nitrogens is 1. The number of carbonyl (C=O) groups is 1. The monoisotopic (exact) mass is 516 g/mol. The van der Waals surface area contributed by atoms with Gasteiger partial charge in [-0.15, -0.1) is 0 Å². The molecule has 0 atom stereocenters. The maximum atomic E-state index is 12.9. The average molecular weight is 517 g/mol. The zero-order valence-corrected chi connectivity index (χ0v) is 20.9. The second-order valence-corrected chi connectivity index (χ2v) is 8.57. The van der Waals surface area contributed by atoms with E-state index in [1.807, 2.05) is 36.1 Å². The topological polar surface area (TPSA) is 97.1 Å². The summed E-state index contributed by atoms with van der Waals surface area (Å²) in [6.45, 7) is 4.71. The third-order valence-corrected chi connectivity index (χ3v) is 6.42. The largest absolute Gasteiger partial charge is 0.495 e. The molecule has 0 saturated carbocycles. The Morgan fingerprint density at radius 2 is 1.94 bits per heavy atom. The van der Waals surface area contributed by atoms with Gasteiger partial charge in [0.25, 0.3) is 0 Å². The Morgan fingerprint density at radius 3 is 2.54 bits per heavy atom. The van der Waals surface area contributed by atoms with Crippen molar-refractivity contribution in [1.29, 1.82) is 0 Å². The molecule has 5 rings (SSSR count). The molecule has 1 aliphatic rings. The lowest BCUT2D eigenvalue weighted by Crippen LogP contribution is -2.49. The molecule has 0 spiro atoms. The fourth-order valence-electron chi connectivity index (χ4n) is 3.71. The Bertz CT molecular complexity index is 1220. The van der Waals surface area contributed by atoms with Crippen molar-refractivity contribution in [3.8, 4) is 11.6 Å². The van der Waals surface area contributed by atoms with Crippen LogP contribution in [0.15, 0.2) is 55.1 Å². The van der Waals surface area contributed by atoms with Crippen LogP contribution in [0.1, 0.15) is 5.69 Å². The first-order chi connectivity index (χ1) is 17.0. The highest BCUT2D eigenvalue weighted by Crippen LogP contribution is 2.30. The molecule has 10 nitrogen and oxygen atoms in total. The summed E-state index contributed by atoms with van der Waals surface area (Å²) in [5, 5.41) is 15.9. The molecular formula is C23H26Cl2N8O2. The first-order valence-corrected chi connectivity index (χ1v) is 11.8. The summed E-state index contributed by atoms with van der Waals surface area (Å²) in [6.07, 6.45) is 6.89. The van der Waals surface area contributed by atoms with Crippen LogP contribution >= 0.6 is 23.2 Å². The van der Waals surface area contributed by atoms with Gasteiger partial charge in [-0.3, -0.25) is 14.6 Å². The highest BCUT2D eigenvalue weighted by Gasteiger charge is 2.24. The number of halogens is 2. The predicted molar refractivity (Wildman–Crippen MR) is 134 cm³/mol. The van der Waals surface area contributed by atoms with Gasteiger partial charge >= 0.3 is 0 Å². The van der Waals surface area contributed by atoms with E-state index in [1.54, 1.807) is 47.3 Å². The summed E-state index contributed by atoms with van der Waals surface area (Å²) in [4.78, 5) is 16.9. The molecule has 1 aromatic carbocycles. The Balaban J connectivity index is 0.000000514. The van der Waals surface area contributed by atoms with E-state index >= 15 is 0 Å². The molecule has 4 aromatic rings. The highest BCUT2D eigenvalue weighted by atomic mass is 35.5. The maximum Gasteiger partial charge on any atom is 0.244 e. The first-order valence-electron chi connectivity index (χ1n) is 11.0. The Kier molecular flexibility index (Phi) is 7.94. The number of ether oxygens (including phenoxy) is 1. The standard InChI is InChI=1S/C20H22Cl2N6O2.C3H4N2/c1-14-19(22)20(27-7-3-6-23-27)24-28(14)13-18(29)26-10-8-25(9-11-26)15-4-5-16(21)17(12-15)30-2;1-2-4-5-3-1/h3-7,12H,8-11,13H2,1-2H3;1-3H,(H,4,5). The first kappa shape index (κ1) is 24.6. The third-order valence-electron chi connectivity index (χ3n) is 5.66. The normalized spacial score (nSPS) is 13.4. The lowest BCUT2D eigenvalue weighted by molar-refractivity contribution is -0.132. The number of benzene rings is 1. The molecule has 1 amide bonds. The van der Waals surface area contributed by atoms with Gasteiger partial charge < -0.3 is 14.5 Å². The van der Waals surface area contributed by atoms with Crippen molar-refractivity contribution in [3.05, 3.63) is 70.9 Å². The minimum absolute atomic E-state index is 0.0117. The van der Waals surface area contributed by atoms with E-state index in [2.05, 4.69) is 25.3 Å². The van der Waals surface area contributed by atoms with Gasteiger partial charge in [0, 0.05) is 62.7 Å². The van der Waals surface area contributed by atoms with Crippen LogP contribution in [0.4, 0.5) is 5.69 Å². The van der Waals surface area contributed by atoms with Gasteiger partial charge in [0.2, 0.25) is 5.91 Å². The second-order valence-electron chi connectivity index (χ2n) is 7.78. The SMILES string of the molecule is COc1cc(N2CCN(C(=O)Cn3nc(-n4cccn4)c(Cl)c3C)CC2)ccc1Cl.c1cn[nH]c1. The van der Waals surface area contributed by atoms with Crippen LogP contribution in [-0.4, -0.2) is 73.9 Å². The minimum Gasteiger partial charge on any atom is -0.495 e. The van der Waals surface area contributed by atoms with E-state index in [0.717, 1.165) is 24.5 Å². The summed E-state index contributed by atoms with van der Waals surface area (Å²) >= 11 is 12.5. The van der Waals surface area contributed by atoms with Gasteiger partial charge in [-0.25, -0.2) is 4.68 Å². The van der Waals surface area contributed by atoms with Gasteiger partial charge in [-0.2, -0.15) is 15.3 Å². The van der Waals surface area contributed by atoms with Crippen LogP contribution < -0.4 is 9.64 Å². The average Bonchev–Trinajstić information content (AvgIpc) is 3.66. The fourth-order valence-corrected chi connectivity index (χ4v) is 4.12. The number of methoxy groups -OCH3 is 1. The third kappa shape index (κ3) is 5.77. The highest BCUT2D eigenvalue weighted by molar-refractivity contribution is 6.33. The van der Waals surface area contributed by atoms with Crippen LogP contribution in [0.3, 0.4) is 0 Å². The van der Waals surface area contributed by atoms with Crippen LogP contribution in [0.5, 0.6) is 5.75 Å². The van der Waals surface area contributed by atoms with Crippen molar-refractivity contribution in [1.82, 2.24) is 34.7 Å². The number of hydrogen-bond acceptors (Lipinski definition) is 6. The summed E-state index contributed by atoms with van der Waals surface area (Å²) in [6, 6.07) is 9.35. The molecule has 1 N–H and O–H groups in total. The quantitative estimate of drug-likeness (QED) is 0.436. The summed E-state index contributed by atoms with van der Waals surface area (Å²) < 4.78 is 8.53. The molecule has 0 unspecified atom stereocenters. The number of aromatic nitrogens is 6. The van der Waals surface area contributed by atoms with Gasteiger partial charge in [0.15, 0.2) is 5.82 Å². The van der Waals surface area contributed by atoms with Gasteiger partial charge in [0.05, 0.1) is 17.8 Å². The van der Waals surface area contributed by atoms with Crippen molar-refractivity contribution in [2.24, 2.45) is 0 Å². The Hall–Kier alpha value is -3.50. The van der Waals surface area contributed by atoms with Crippen LogP contribution in [-0.2, 0) is 11.3 Å². The molecule has 3 aromatic heterocycles. The van der Waals surface area contributed by atoms with Crippen LogP contribution in [0.2, 0.25) is 10.0 Å². The van der Waals surface area contributed by atoms with E-state index in [-0.39, 0.29) is 12.5 Å². The number of carbonyl (C=O) groups excluding carboxylic acids is 1. The van der Waals surface area contributed by atoms with E-state index < -0.39 is 0 Å². The summed E-state index contributed by atoms with van der Waals surface area (Å²) in [7, 11) is 1.60. The summed E-state index contributed by atoms with van der Waals surface area (Å²) in [5.41, 5.74) is 1.77.